The molecule has 2 rings (SSSR count). The number of benzene rings is 1. The number of nitrogens with one attached hydrogen (secondary N) is 1. The van der Waals surface area contributed by atoms with E-state index in [1.165, 1.54) is 6.20 Å². The van der Waals surface area contributed by atoms with Crippen molar-refractivity contribution in [1.29, 1.82) is 0 Å². The second-order valence-electron chi connectivity index (χ2n) is 6.37. The Morgan fingerprint density at radius 2 is 1.86 bits per heavy atom. The molecule has 0 saturated carbocycles. The number of fused-ring (bicyclic) bond motifs is 1. The van der Waals surface area contributed by atoms with Crippen molar-refractivity contribution in [3.63, 3.8) is 0 Å². The fraction of sp³-hybridized carbons (Fsp3) is 0.350. The van der Waals surface area contributed by atoms with E-state index in [0.717, 1.165) is 5.39 Å². The normalized spacial score (nSPS) is 12.9. The number of aliphatic carboxylic acids is 1. The van der Waals surface area contributed by atoms with Gasteiger partial charge in [0.25, 0.3) is 0 Å². The zero-order chi connectivity index (χ0) is 20.7. The summed E-state index contributed by atoms with van der Waals surface area (Å²) in [5.74, 6) is -4.16. The summed E-state index contributed by atoms with van der Waals surface area (Å²) in [6.45, 7) is 0.311. The Bertz CT molecular complexity index is 894. The average Bonchev–Trinajstić information content (AvgIpc) is 2.69. The number of ketones is 2. The first-order chi connectivity index (χ1) is 13.4. The summed E-state index contributed by atoms with van der Waals surface area (Å²) in [7, 11) is 0. The van der Waals surface area contributed by atoms with Crippen LogP contribution in [0.4, 0.5) is 4.39 Å². The zero-order valence-corrected chi connectivity index (χ0v) is 15.4. The highest BCUT2D eigenvalue weighted by Gasteiger charge is 2.28. The van der Waals surface area contributed by atoms with Crippen molar-refractivity contribution in [3.8, 4) is 0 Å². The molecule has 0 aliphatic heterocycles. The number of nitrogens with zero attached hydrogens (tertiary/aromatic N) is 1. The molecule has 8 heteroatoms. The Hall–Kier alpha value is -3.16. The number of carboxylic acid groups (broad SMARTS) is 1. The maximum Gasteiger partial charge on any atom is 0.305 e. The summed E-state index contributed by atoms with van der Waals surface area (Å²) in [4.78, 5) is 51.7. The van der Waals surface area contributed by atoms with Crippen LogP contribution in [0.5, 0.6) is 0 Å². The van der Waals surface area contributed by atoms with Crippen LogP contribution in [0.25, 0.3) is 10.8 Å². The number of Topliss-reactive ketones (excluding diaryl/α,β-unsaturated/α-hetero) is 2. The van der Waals surface area contributed by atoms with Gasteiger partial charge in [-0.15, -0.1) is 0 Å². The predicted molar refractivity (Wildman–Crippen MR) is 99.6 cm³/mol. The molecule has 1 amide bonds. The number of alkyl halides is 1. The molecule has 7 nitrogen and oxygen atoms in total. The molecule has 2 aromatic rings. The van der Waals surface area contributed by atoms with E-state index in [-0.39, 0.29) is 24.3 Å². The number of halogens is 1. The summed E-state index contributed by atoms with van der Waals surface area (Å²) in [5.41, 5.74) is 0.242. The SMILES string of the molecule is CCC(CC(=O)c1nccc2ccccc12)C(=O)NC(CC(=O)O)C(=O)CF. The van der Waals surface area contributed by atoms with Crippen molar-refractivity contribution in [2.24, 2.45) is 5.92 Å². The molecule has 1 aromatic carbocycles. The Labute approximate surface area is 161 Å². The van der Waals surface area contributed by atoms with Crippen LogP contribution in [0.15, 0.2) is 36.5 Å². The lowest BCUT2D eigenvalue weighted by Gasteiger charge is -2.19. The van der Waals surface area contributed by atoms with Crippen molar-refractivity contribution < 1.29 is 28.7 Å². The third kappa shape index (κ3) is 5.18. The van der Waals surface area contributed by atoms with Crippen LogP contribution in [0.1, 0.15) is 36.7 Å². The van der Waals surface area contributed by atoms with E-state index in [2.05, 4.69) is 10.3 Å². The van der Waals surface area contributed by atoms with Crippen molar-refractivity contribution in [2.75, 3.05) is 6.67 Å². The van der Waals surface area contributed by atoms with E-state index >= 15 is 0 Å². The van der Waals surface area contributed by atoms with Crippen LogP contribution in [0.2, 0.25) is 0 Å². The average molecular weight is 388 g/mol. The van der Waals surface area contributed by atoms with Crippen molar-refractivity contribution >= 4 is 34.2 Å². The van der Waals surface area contributed by atoms with Crippen LogP contribution < -0.4 is 5.32 Å². The predicted octanol–water partition coefficient (Wildman–Crippen LogP) is 2.33. The molecule has 0 aliphatic rings. The van der Waals surface area contributed by atoms with Crippen LogP contribution in [-0.2, 0) is 14.4 Å². The summed E-state index contributed by atoms with van der Waals surface area (Å²) >= 11 is 0. The van der Waals surface area contributed by atoms with Gasteiger partial charge in [-0.3, -0.25) is 24.2 Å². The highest BCUT2D eigenvalue weighted by molar-refractivity contribution is 6.07. The van der Waals surface area contributed by atoms with Gasteiger partial charge >= 0.3 is 5.97 Å². The summed E-state index contributed by atoms with van der Waals surface area (Å²) < 4.78 is 12.6. The molecule has 148 valence electrons. The number of hydrogen-bond acceptors (Lipinski definition) is 5. The molecule has 0 aliphatic carbocycles. The van der Waals surface area contributed by atoms with E-state index < -0.39 is 42.7 Å². The minimum Gasteiger partial charge on any atom is -0.481 e. The number of amides is 1. The fourth-order valence-corrected chi connectivity index (χ4v) is 2.89. The van der Waals surface area contributed by atoms with Gasteiger partial charge < -0.3 is 10.4 Å². The molecule has 28 heavy (non-hydrogen) atoms. The number of carbonyl (C=O) groups excluding carboxylic acids is 3. The van der Waals surface area contributed by atoms with Crippen LogP contribution in [-0.4, -0.2) is 46.2 Å². The summed E-state index contributed by atoms with van der Waals surface area (Å²) in [6, 6.07) is 7.54. The summed E-state index contributed by atoms with van der Waals surface area (Å²) in [5, 5.41) is 12.6. The largest absolute Gasteiger partial charge is 0.481 e. The van der Waals surface area contributed by atoms with Gasteiger partial charge in [0.15, 0.2) is 11.6 Å². The lowest BCUT2D eigenvalue weighted by molar-refractivity contribution is -0.140. The van der Waals surface area contributed by atoms with E-state index in [9.17, 15) is 23.6 Å². The Morgan fingerprint density at radius 1 is 1.14 bits per heavy atom. The fourth-order valence-electron chi connectivity index (χ4n) is 2.89. The molecule has 2 unspecified atom stereocenters. The second-order valence-corrected chi connectivity index (χ2v) is 6.37. The highest BCUT2D eigenvalue weighted by atomic mass is 19.1. The van der Waals surface area contributed by atoms with Crippen LogP contribution in [0.3, 0.4) is 0 Å². The molecular weight excluding hydrogens is 367 g/mol. The minimum absolute atomic E-state index is 0.160. The maximum absolute atomic E-state index is 12.7. The first-order valence-corrected chi connectivity index (χ1v) is 8.85. The van der Waals surface area contributed by atoms with Gasteiger partial charge in [-0.2, -0.15) is 0 Å². The topological polar surface area (TPSA) is 113 Å². The molecule has 1 heterocycles. The number of carbonyl (C=O) groups is 4. The van der Waals surface area contributed by atoms with E-state index in [4.69, 9.17) is 5.11 Å². The Kier molecular flexibility index (Phi) is 7.31. The number of carboxylic acids is 1. The van der Waals surface area contributed by atoms with Crippen molar-refractivity contribution in [1.82, 2.24) is 10.3 Å². The first-order valence-electron chi connectivity index (χ1n) is 8.85. The smallest absolute Gasteiger partial charge is 0.305 e. The molecule has 0 spiro atoms. The van der Waals surface area contributed by atoms with E-state index in [1.54, 1.807) is 25.1 Å². The lowest BCUT2D eigenvalue weighted by Crippen LogP contribution is -2.45. The summed E-state index contributed by atoms with van der Waals surface area (Å²) in [6.07, 6.45) is 0.919. The molecule has 2 N–H and O–H groups in total. The quantitative estimate of drug-likeness (QED) is 0.604. The van der Waals surface area contributed by atoms with Crippen LogP contribution >= 0.6 is 0 Å². The third-order valence-corrected chi connectivity index (χ3v) is 4.45. The number of aromatic nitrogens is 1. The van der Waals surface area contributed by atoms with Crippen molar-refractivity contribution in [2.45, 2.75) is 32.2 Å². The van der Waals surface area contributed by atoms with Gasteiger partial charge in [-0.05, 0) is 17.9 Å². The molecular formula is C20H21FN2O5. The highest BCUT2D eigenvalue weighted by Crippen LogP contribution is 2.20. The monoisotopic (exact) mass is 388 g/mol. The molecule has 2 atom stereocenters. The zero-order valence-electron chi connectivity index (χ0n) is 15.4. The maximum atomic E-state index is 12.7. The van der Waals surface area contributed by atoms with E-state index in [0.29, 0.717) is 5.39 Å². The van der Waals surface area contributed by atoms with E-state index in [1.807, 2.05) is 12.1 Å². The molecule has 0 bridgehead atoms. The molecule has 0 radical (unpaired) electrons. The van der Waals surface area contributed by atoms with Gasteiger partial charge in [-0.1, -0.05) is 31.2 Å². The molecule has 1 aromatic heterocycles. The third-order valence-electron chi connectivity index (χ3n) is 4.45. The van der Waals surface area contributed by atoms with Crippen molar-refractivity contribution in [3.05, 3.63) is 42.2 Å². The Morgan fingerprint density at radius 3 is 2.50 bits per heavy atom. The van der Waals surface area contributed by atoms with Gasteiger partial charge in [0.2, 0.25) is 5.91 Å². The number of pyridine rings is 1. The van der Waals surface area contributed by atoms with Gasteiger partial charge in [0, 0.05) is 23.9 Å². The second kappa shape index (κ2) is 9.68. The minimum atomic E-state index is -1.46. The van der Waals surface area contributed by atoms with Gasteiger partial charge in [0.05, 0.1) is 6.42 Å². The Balaban J connectivity index is 2.15. The first kappa shape index (κ1) is 21.1. The van der Waals surface area contributed by atoms with Crippen LogP contribution in [0, 0.1) is 5.92 Å². The standard InChI is InChI=1S/C20H21FN2O5/c1-2-12(20(28)23-15(10-18(26)27)17(25)11-21)9-16(24)19-14-6-4-3-5-13(14)7-8-22-19/h3-8,12,15H,2,9-11H2,1H3,(H,23,28)(H,26,27). The number of rotatable bonds is 10. The molecule has 0 saturated heterocycles. The number of hydrogen-bond donors (Lipinski definition) is 2. The van der Waals surface area contributed by atoms with Gasteiger partial charge in [0.1, 0.15) is 18.4 Å². The lowest BCUT2D eigenvalue weighted by atomic mass is 9.94. The molecule has 0 fully saturated rings. The van der Waals surface area contributed by atoms with Gasteiger partial charge in [-0.25, -0.2) is 4.39 Å².